The van der Waals surface area contributed by atoms with Gasteiger partial charge >= 0.3 is 0 Å². The number of rotatable bonds is 2. The molecule has 0 aliphatic rings. The van der Waals surface area contributed by atoms with Crippen molar-refractivity contribution < 1.29 is 0 Å². The molecule has 3 heteroatoms. The lowest BCUT2D eigenvalue weighted by atomic mass is 10.2. The number of halogens is 1. The minimum absolute atomic E-state index is 0.820. The van der Waals surface area contributed by atoms with Crippen molar-refractivity contribution in [3.05, 3.63) is 34.2 Å². The van der Waals surface area contributed by atoms with E-state index in [1.807, 2.05) is 35.2 Å². The van der Waals surface area contributed by atoms with E-state index in [2.05, 4.69) is 18.4 Å². The molecule has 0 fully saturated rings. The molecule has 68 valence electrons. The van der Waals surface area contributed by atoms with E-state index in [0.717, 1.165) is 10.8 Å². The average molecular weight is 229 g/mol. The highest BCUT2D eigenvalue weighted by molar-refractivity contribution is 7.97. The highest BCUT2D eigenvalue weighted by Crippen LogP contribution is 2.29. The van der Waals surface area contributed by atoms with E-state index in [1.54, 1.807) is 0 Å². The van der Waals surface area contributed by atoms with E-state index in [-0.39, 0.29) is 0 Å². The quantitative estimate of drug-likeness (QED) is 0.734. The van der Waals surface area contributed by atoms with E-state index in [4.69, 9.17) is 11.6 Å². The van der Waals surface area contributed by atoms with Crippen molar-refractivity contribution in [2.24, 2.45) is 0 Å². The first kappa shape index (κ1) is 9.38. The Balaban J connectivity index is 2.49. The molecule has 0 amide bonds. The summed E-state index contributed by atoms with van der Waals surface area (Å²) in [6.45, 7) is 0. The fraction of sp³-hybridized carbons (Fsp3) is 0.200. The normalized spacial score (nSPS) is 10.9. The molecule has 1 heterocycles. The van der Waals surface area contributed by atoms with Crippen LogP contribution in [0.4, 0.5) is 0 Å². The zero-order chi connectivity index (χ0) is 9.26. The Bertz CT molecular complexity index is 420. The zero-order valence-corrected chi connectivity index (χ0v) is 9.60. The van der Waals surface area contributed by atoms with Crippen LogP contribution in [0.2, 0.25) is 5.02 Å². The van der Waals surface area contributed by atoms with Crippen molar-refractivity contribution in [1.29, 1.82) is 0 Å². The Kier molecular flexibility index (Phi) is 2.82. The van der Waals surface area contributed by atoms with Crippen LogP contribution < -0.4 is 0 Å². The summed E-state index contributed by atoms with van der Waals surface area (Å²) < 4.78 is 1.33. The molecule has 2 aromatic rings. The van der Waals surface area contributed by atoms with Crippen molar-refractivity contribution in [2.75, 3.05) is 6.26 Å². The molecule has 0 radical (unpaired) electrons. The van der Waals surface area contributed by atoms with Gasteiger partial charge in [0, 0.05) is 20.4 Å². The van der Waals surface area contributed by atoms with Gasteiger partial charge in [0.05, 0.1) is 0 Å². The van der Waals surface area contributed by atoms with Gasteiger partial charge in [0.2, 0.25) is 0 Å². The molecule has 0 unspecified atom stereocenters. The van der Waals surface area contributed by atoms with Gasteiger partial charge in [0.15, 0.2) is 0 Å². The fourth-order valence-electron chi connectivity index (χ4n) is 1.28. The van der Waals surface area contributed by atoms with E-state index in [1.165, 1.54) is 15.0 Å². The molecule has 0 aliphatic carbocycles. The molecule has 0 N–H and O–H groups in total. The summed E-state index contributed by atoms with van der Waals surface area (Å²) in [6, 6.07) is 8.29. The van der Waals surface area contributed by atoms with E-state index in [0.29, 0.717) is 0 Å². The number of benzene rings is 1. The third-order valence-corrected chi connectivity index (χ3v) is 3.95. The zero-order valence-electron chi connectivity index (χ0n) is 7.21. The van der Waals surface area contributed by atoms with Crippen LogP contribution in [0, 0.1) is 0 Å². The molecule has 0 saturated heterocycles. The number of hydrogen-bond donors (Lipinski definition) is 0. The van der Waals surface area contributed by atoms with Crippen LogP contribution in [0.3, 0.4) is 0 Å². The first-order valence-corrected chi connectivity index (χ1v) is 6.55. The number of thiophene rings is 1. The fourth-order valence-corrected chi connectivity index (χ4v) is 3.26. The lowest BCUT2D eigenvalue weighted by molar-refractivity contribution is 1.56. The second kappa shape index (κ2) is 3.91. The van der Waals surface area contributed by atoms with Crippen LogP contribution in [0.1, 0.15) is 4.88 Å². The molecule has 0 spiro atoms. The van der Waals surface area contributed by atoms with Gasteiger partial charge in [-0.2, -0.15) is 11.8 Å². The van der Waals surface area contributed by atoms with Crippen LogP contribution in [-0.4, -0.2) is 6.26 Å². The molecule has 13 heavy (non-hydrogen) atoms. The predicted molar refractivity (Wildman–Crippen MR) is 64.1 cm³/mol. The van der Waals surface area contributed by atoms with Crippen molar-refractivity contribution >= 4 is 44.8 Å². The summed E-state index contributed by atoms with van der Waals surface area (Å²) in [5.41, 5.74) is 0. The summed E-state index contributed by atoms with van der Waals surface area (Å²) >= 11 is 9.61. The first-order chi connectivity index (χ1) is 6.29. The highest BCUT2D eigenvalue weighted by atomic mass is 35.5. The standard InChI is InChI=1S/C10H9ClS2/c1-12-6-9-5-7-4-8(11)2-3-10(7)13-9/h2-5H,6H2,1H3. The largest absolute Gasteiger partial charge is 0.160 e. The summed E-state index contributed by atoms with van der Waals surface area (Å²) in [5.74, 6) is 1.09. The van der Waals surface area contributed by atoms with Crippen LogP contribution in [-0.2, 0) is 5.75 Å². The van der Waals surface area contributed by atoms with Gasteiger partial charge in [0.25, 0.3) is 0 Å². The Morgan fingerprint density at radius 3 is 3.00 bits per heavy atom. The van der Waals surface area contributed by atoms with E-state index >= 15 is 0 Å². The second-order valence-electron chi connectivity index (χ2n) is 2.83. The van der Waals surface area contributed by atoms with Gasteiger partial charge in [-0.15, -0.1) is 11.3 Å². The molecular formula is C10H9ClS2. The van der Waals surface area contributed by atoms with Gasteiger partial charge in [-0.1, -0.05) is 11.6 Å². The molecule has 0 nitrogen and oxygen atoms in total. The lowest BCUT2D eigenvalue weighted by Crippen LogP contribution is -1.66. The van der Waals surface area contributed by atoms with E-state index in [9.17, 15) is 0 Å². The minimum atomic E-state index is 0.820. The first-order valence-electron chi connectivity index (χ1n) is 3.96. The minimum Gasteiger partial charge on any atom is -0.160 e. The molecule has 0 aliphatic heterocycles. The summed E-state index contributed by atoms with van der Waals surface area (Å²) in [5, 5.41) is 2.09. The molecule has 2 rings (SSSR count). The van der Waals surface area contributed by atoms with Crippen LogP contribution >= 0.6 is 34.7 Å². The third-order valence-electron chi connectivity index (χ3n) is 1.82. The van der Waals surface area contributed by atoms with Crippen molar-refractivity contribution in [3.8, 4) is 0 Å². The maximum Gasteiger partial charge on any atom is 0.0412 e. The summed E-state index contributed by atoms with van der Waals surface area (Å²) in [7, 11) is 0. The van der Waals surface area contributed by atoms with Crippen molar-refractivity contribution in [2.45, 2.75) is 5.75 Å². The number of fused-ring (bicyclic) bond motifs is 1. The Morgan fingerprint density at radius 2 is 2.23 bits per heavy atom. The van der Waals surface area contributed by atoms with E-state index < -0.39 is 0 Å². The molecule has 0 saturated carbocycles. The number of thioether (sulfide) groups is 1. The third kappa shape index (κ3) is 2.01. The van der Waals surface area contributed by atoms with Crippen LogP contribution in [0.25, 0.3) is 10.1 Å². The van der Waals surface area contributed by atoms with Crippen molar-refractivity contribution in [3.63, 3.8) is 0 Å². The Labute approximate surface area is 90.9 Å². The second-order valence-corrected chi connectivity index (χ2v) is 5.30. The van der Waals surface area contributed by atoms with Gasteiger partial charge in [-0.25, -0.2) is 0 Å². The molecule has 1 aromatic heterocycles. The molecular weight excluding hydrogens is 220 g/mol. The van der Waals surface area contributed by atoms with Gasteiger partial charge in [-0.3, -0.25) is 0 Å². The topological polar surface area (TPSA) is 0 Å². The Hall–Kier alpha value is -0.180. The average Bonchev–Trinajstić information content (AvgIpc) is 2.46. The molecule has 1 aromatic carbocycles. The summed E-state index contributed by atoms with van der Waals surface area (Å²) in [6.07, 6.45) is 2.12. The van der Waals surface area contributed by atoms with Crippen LogP contribution in [0.15, 0.2) is 24.3 Å². The highest BCUT2D eigenvalue weighted by Gasteiger charge is 2.01. The monoisotopic (exact) mass is 228 g/mol. The Morgan fingerprint density at radius 1 is 1.38 bits per heavy atom. The SMILES string of the molecule is CSCc1cc2cc(Cl)ccc2s1. The summed E-state index contributed by atoms with van der Waals surface area (Å²) in [4.78, 5) is 1.42. The lowest BCUT2D eigenvalue weighted by Gasteiger charge is -1.88. The van der Waals surface area contributed by atoms with Gasteiger partial charge < -0.3 is 0 Å². The van der Waals surface area contributed by atoms with Gasteiger partial charge in [-0.05, 0) is 35.9 Å². The maximum atomic E-state index is 5.90. The predicted octanol–water partition coefficient (Wildman–Crippen LogP) is 4.42. The van der Waals surface area contributed by atoms with Crippen LogP contribution in [0.5, 0.6) is 0 Å². The smallest absolute Gasteiger partial charge is 0.0412 e. The number of hydrogen-bond acceptors (Lipinski definition) is 2. The van der Waals surface area contributed by atoms with Crippen molar-refractivity contribution in [1.82, 2.24) is 0 Å². The molecule has 0 bridgehead atoms. The molecule has 0 atom stereocenters. The maximum absolute atomic E-state index is 5.90. The van der Waals surface area contributed by atoms with Gasteiger partial charge in [0.1, 0.15) is 0 Å².